The van der Waals surface area contributed by atoms with Crippen molar-refractivity contribution in [3.63, 3.8) is 0 Å². The van der Waals surface area contributed by atoms with Crippen LogP contribution in [0, 0.1) is 0 Å². The van der Waals surface area contributed by atoms with Gasteiger partial charge < -0.3 is 15.0 Å². The second kappa shape index (κ2) is 7.45. The Balaban J connectivity index is 2.38. The Bertz CT molecular complexity index is 314. The molecule has 6 heteroatoms. The molecule has 1 saturated heterocycles. The second-order valence-electron chi connectivity index (χ2n) is 5.24. The van der Waals surface area contributed by atoms with E-state index in [-0.39, 0.29) is 11.8 Å². The molecule has 1 heterocycles. The average molecular weight is 271 g/mol. The number of amides is 2. The van der Waals surface area contributed by atoms with E-state index in [1.165, 1.54) is 0 Å². The van der Waals surface area contributed by atoms with Gasteiger partial charge >= 0.3 is 0 Å². The normalized spacial score (nSPS) is 17.7. The summed E-state index contributed by atoms with van der Waals surface area (Å²) in [6, 6.07) is -0.179. The first kappa shape index (κ1) is 15.9. The van der Waals surface area contributed by atoms with Crippen molar-refractivity contribution in [3.05, 3.63) is 0 Å². The van der Waals surface area contributed by atoms with Gasteiger partial charge in [0.15, 0.2) is 0 Å². The van der Waals surface area contributed by atoms with Gasteiger partial charge in [0, 0.05) is 19.1 Å². The maximum absolute atomic E-state index is 12.1. The van der Waals surface area contributed by atoms with Crippen molar-refractivity contribution in [2.75, 3.05) is 39.9 Å². The van der Waals surface area contributed by atoms with E-state index in [9.17, 15) is 9.59 Å². The molecule has 6 nitrogen and oxygen atoms in total. The molecule has 1 N–H and O–H groups in total. The predicted molar refractivity (Wildman–Crippen MR) is 72.8 cm³/mol. The Labute approximate surface area is 115 Å². The molecular formula is C13H25N3O3. The molecule has 0 spiro atoms. The Morgan fingerprint density at radius 2 is 1.84 bits per heavy atom. The molecule has 0 aromatic rings. The van der Waals surface area contributed by atoms with Crippen molar-refractivity contribution in [1.29, 1.82) is 0 Å². The summed E-state index contributed by atoms with van der Waals surface area (Å²) in [5.41, 5.74) is 0. The first-order valence-corrected chi connectivity index (χ1v) is 6.78. The molecule has 2 amide bonds. The summed E-state index contributed by atoms with van der Waals surface area (Å²) in [5, 5.41) is 2.75. The van der Waals surface area contributed by atoms with Crippen LogP contribution in [-0.4, -0.2) is 73.6 Å². The van der Waals surface area contributed by atoms with Gasteiger partial charge in [-0.1, -0.05) is 0 Å². The van der Waals surface area contributed by atoms with Gasteiger partial charge in [0.2, 0.25) is 11.8 Å². The Morgan fingerprint density at radius 3 is 2.37 bits per heavy atom. The third-order valence-corrected chi connectivity index (χ3v) is 3.35. The van der Waals surface area contributed by atoms with E-state index in [0.29, 0.717) is 38.9 Å². The minimum atomic E-state index is -0.480. The van der Waals surface area contributed by atoms with E-state index in [2.05, 4.69) is 5.32 Å². The third kappa shape index (κ3) is 5.16. The van der Waals surface area contributed by atoms with Crippen LogP contribution in [0.1, 0.15) is 20.8 Å². The molecule has 1 aliphatic heterocycles. The fourth-order valence-electron chi connectivity index (χ4n) is 1.82. The molecule has 110 valence electrons. The number of hydrogen-bond acceptors (Lipinski definition) is 4. The lowest BCUT2D eigenvalue weighted by Gasteiger charge is -2.30. The van der Waals surface area contributed by atoms with Crippen LogP contribution in [0.3, 0.4) is 0 Å². The number of nitrogens with zero attached hydrogens (tertiary/aromatic N) is 2. The zero-order chi connectivity index (χ0) is 14.4. The van der Waals surface area contributed by atoms with E-state index in [4.69, 9.17) is 4.74 Å². The number of carbonyl (C=O) groups excluding carboxylic acids is 2. The quantitative estimate of drug-likeness (QED) is 0.745. The van der Waals surface area contributed by atoms with Crippen LogP contribution in [0.5, 0.6) is 0 Å². The van der Waals surface area contributed by atoms with E-state index >= 15 is 0 Å². The summed E-state index contributed by atoms with van der Waals surface area (Å²) in [6.07, 6.45) is 0. The molecule has 1 aliphatic rings. The van der Waals surface area contributed by atoms with E-state index in [1.54, 1.807) is 11.8 Å². The minimum absolute atomic E-state index is 0.0381. The van der Waals surface area contributed by atoms with Crippen molar-refractivity contribution in [2.45, 2.75) is 32.9 Å². The van der Waals surface area contributed by atoms with Crippen LogP contribution >= 0.6 is 0 Å². The molecule has 0 bridgehead atoms. The summed E-state index contributed by atoms with van der Waals surface area (Å²) < 4.78 is 5.20. The zero-order valence-electron chi connectivity index (χ0n) is 12.3. The van der Waals surface area contributed by atoms with Crippen molar-refractivity contribution in [2.24, 2.45) is 0 Å². The van der Waals surface area contributed by atoms with Crippen LogP contribution in [0.15, 0.2) is 0 Å². The highest BCUT2D eigenvalue weighted by atomic mass is 16.5. The van der Waals surface area contributed by atoms with Gasteiger partial charge in [-0.3, -0.25) is 14.5 Å². The first-order chi connectivity index (χ1) is 8.91. The molecule has 1 fully saturated rings. The maximum atomic E-state index is 12.1. The fourth-order valence-corrected chi connectivity index (χ4v) is 1.82. The van der Waals surface area contributed by atoms with Crippen LogP contribution in [0.25, 0.3) is 0 Å². The Morgan fingerprint density at radius 1 is 1.26 bits per heavy atom. The molecule has 0 aliphatic carbocycles. The van der Waals surface area contributed by atoms with Gasteiger partial charge in [-0.25, -0.2) is 0 Å². The molecule has 0 saturated carbocycles. The SMILES string of the molecule is CC(NC(=O)CN(C)C(C)C)C(=O)N1CCOCC1. The number of rotatable bonds is 5. The molecule has 19 heavy (non-hydrogen) atoms. The van der Waals surface area contributed by atoms with Gasteiger partial charge in [-0.15, -0.1) is 0 Å². The topological polar surface area (TPSA) is 61.9 Å². The van der Waals surface area contributed by atoms with Crippen LogP contribution in [0.2, 0.25) is 0 Å². The average Bonchev–Trinajstić information content (AvgIpc) is 2.38. The molecule has 1 rings (SSSR count). The number of ether oxygens (including phenoxy) is 1. The number of likely N-dealkylation sites (N-methyl/N-ethyl adjacent to an activating group) is 1. The van der Waals surface area contributed by atoms with E-state index in [1.807, 2.05) is 25.8 Å². The standard InChI is InChI=1S/C13H25N3O3/c1-10(2)15(4)9-12(17)14-11(3)13(18)16-5-7-19-8-6-16/h10-11H,5-9H2,1-4H3,(H,14,17). The first-order valence-electron chi connectivity index (χ1n) is 6.78. The van der Waals surface area contributed by atoms with Crippen LogP contribution < -0.4 is 5.32 Å². The highest BCUT2D eigenvalue weighted by Gasteiger charge is 2.23. The third-order valence-electron chi connectivity index (χ3n) is 3.35. The monoisotopic (exact) mass is 271 g/mol. The molecular weight excluding hydrogens is 246 g/mol. The fraction of sp³-hybridized carbons (Fsp3) is 0.846. The number of hydrogen-bond donors (Lipinski definition) is 1. The Kier molecular flexibility index (Phi) is 6.24. The predicted octanol–water partition coefficient (Wildman–Crippen LogP) is -0.310. The van der Waals surface area contributed by atoms with E-state index < -0.39 is 6.04 Å². The lowest BCUT2D eigenvalue weighted by Crippen LogP contribution is -2.52. The number of carbonyl (C=O) groups is 2. The van der Waals surface area contributed by atoms with Gasteiger partial charge in [0.25, 0.3) is 0 Å². The summed E-state index contributed by atoms with van der Waals surface area (Å²) >= 11 is 0. The smallest absolute Gasteiger partial charge is 0.245 e. The minimum Gasteiger partial charge on any atom is -0.378 e. The lowest BCUT2D eigenvalue weighted by atomic mass is 10.2. The van der Waals surface area contributed by atoms with Crippen LogP contribution in [0.4, 0.5) is 0 Å². The molecule has 1 atom stereocenters. The van der Waals surface area contributed by atoms with Crippen LogP contribution in [-0.2, 0) is 14.3 Å². The highest BCUT2D eigenvalue weighted by Crippen LogP contribution is 2.01. The van der Waals surface area contributed by atoms with E-state index in [0.717, 1.165) is 0 Å². The summed E-state index contributed by atoms with van der Waals surface area (Å²) in [6.45, 7) is 8.43. The highest BCUT2D eigenvalue weighted by molar-refractivity contribution is 5.88. The maximum Gasteiger partial charge on any atom is 0.245 e. The molecule has 0 radical (unpaired) electrons. The summed E-state index contributed by atoms with van der Waals surface area (Å²) in [4.78, 5) is 27.6. The van der Waals surface area contributed by atoms with Gasteiger partial charge in [0.05, 0.1) is 19.8 Å². The summed E-state index contributed by atoms with van der Waals surface area (Å²) in [7, 11) is 1.89. The second-order valence-corrected chi connectivity index (χ2v) is 5.24. The van der Waals surface area contributed by atoms with Crippen molar-refractivity contribution in [1.82, 2.24) is 15.1 Å². The van der Waals surface area contributed by atoms with Gasteiger partial charge in [0.1, 0.15) is 6.04 Å². The summed E-state index contributed by atoms with van der Waals surface area (Å²) in [5.74, 6) is -0.158. The van der Waals surface area contributed by atoms with Gasteiger partial charge in [-0.05, 0) is 27.8 Å². The van der Waals surface area contributed by atoms with Gasteiger partial charge in [-0.2, -0.15) is 0 Å². The molecule has 0 aromatic carbocycles. The van der Waals surface area contributed by atoms with Crippen molar-refractivity contribution >= 4 is 11.8 Å². The number of nitrogens with one attached hydrogen (secondary N) is 1. The largest absolute Gasteiger partial charge is 0.378 e. The lowest BCUT2D eigenvalue weighted by molar-refractivity contribution is -0.139. The van der Waals surface area contributed by atoms with Crippen molar-refractivity contribution < 1.29 is 14.3 Å². The zero-order valence-corrected chi connectivity index (χ0v) is 12.3. The number of morpholine rings is 1. The Hall–Kier alpha value is -1.14. The van der Waals surface area contributed by atoms with Crippen molar-refractivity contribution in [3.8, 4) is 0 Å². The molecule has 1 unspecified atom stereocenters. The molecule has 0 aromatic heterocycles.